The van der Waals surface area contributed by atoms with E-state index in [-0.39, 0.29) is 11.8 Å². The predicted molar refractivity (Wildman–Crippen MR) is 127 cm³/mol. The lowest BCUT2D eigenvalue weighted by atomic mass is 9.91. The van der Waals surface area contributed by atoms with Gasteiger partial charge in [0.1, 0.15) is 5.01 Å². The first-order chi connectivity index (χ1) is 14.9. The third-order valence-corrected chi connectivity index (χ3v) is 6.59. The standard InChI is InChI=1S/C25H27N3O2S/c1-16-12-17(2)15-28(14-16)25(30)19-9-8-18(3)21(13-19)26-23(29)10-11-24-27-20-6-4-5-7-22(20)31-24/h4-11,13,16-17H,12,14-15H2,1-3H3,(H,26,29)/b11-10+. The fraction of sp³-hybridized carbons (Fsp3) is 0.320. The number of benzene rings is 2. The summed E-state index contributed by atoms with van der Waals surface area (Å²) in [6, 6.07) is 13.4. The molecule has 1 N–H and O–H groups in total. The highest BCUT2D eigenvalue weighted by Gasteiger charge is 2.26. The number of para-hydroxylation sites is 1. The number of carbonyl (C=O) groups excluding carboxylic acids is 2. The molecular formula is C25H27N3O2S. The minimum atomic E-state index is -0.243. The van der Waals surface area contributed by atoms with Crippen molar-refractivity contribution in [3.05, 3.63) is 64.7 Å². The van der Waals surface area contributed by atoms with Crippen LogP contribution in [0.1, 0.15) is 41.2 Å². The lowest BCUT2D eigenvalue weighted by molar-refractivity contribution is -0.111. The third kappa shape index (κ3) is 5.02. The van der Waals surface area contributed by atoms with Crippen molar-refractivity contribution in [1.29, 1.82) is 0 Å². The smallest absolute Gasteiger partial charge is 0.253 e. The van der Waals surface area contributed by atoms with Crippen molar-refractivity contribution in [3.63, 3.8) is 0 Å². The monoisotopic (exact) mass is 433 g/mol. The van der Waals surface area contributed by atoms with Crippen molar-refractivity contribution in [2.45, 2.75) is 27.2 Å². The summed E-state index contributed by atoms with van der Waals surface area (Å²) in [5.41, 5.74) is 3.11. The number of hydrogen-bond donors (Lipinski definition) is 1. The topological polar surface area (TPSA) is 62.3 Å². The average Bonchev–Trinajstić information content (AvgIpc) is 3.16. The van der Waals surface area contributed by atoms with Gasteiger partial charge in [0.15, 0.2) is 0 Å². The van der Waals surface area contributed by atoms with Gasteiger partial charge in [-0.1, -0.05) is 32.0 Å². The number of piperidine rings is 1. The van der Waals surface area contributed by atoms with E-state index in [1.54, 1.807) is 23.5 Å². The maximum absolute atomic E-state index is 13.0. The molecule has 1 aliphatic rings. The Morgan fingerprint density at radius 3 is 2.61 bits per heavy atom. The Kier molecular flexibility index (Phi) is 6.18. The van der Waals surface area contributed by atoms with Gasteiger partial charge < -0.3 is 10.2 Å². The van der Waals surface area contributed by atoms with Crippen molar-refractivity contribution in [2.75, 3.05) is 18.4 Å². The van der Waals surface area contributed by atoms with Crippen molar-refractivity contribution in [1.82, 2.24) is 9.88 Å². The van der Waals surface area contributed by atoms with Crippen molar-refractivity contribution in [2.24, 2.45) is 11.8 Å². The second-order valence-corrected chi connectivity index (χ2v) is 9.59. The Balaban J connectivity index is 1.46. The summed E-state index contributed by atoms with van der Waals surface area (Å²) in [7, 11) is 0. The summed E-state index contributed by atoms with van der Waals surface area (Å²) in [5.74, 6) is 0.793. The van der Waals surface area contributed by atoms with Crippen molar-refractivity contribution < 1.29 is 9.59 Å². The number of rotatable bonds is 4. The number of nitrogens with zero attached hydrogens (tertiary/aromatic N) is 2. The van der Waals surface area contributed by atoms with Gasteiger partial charge in [0.25, 0.3) is 5.91 Å². The van der Waals surface area contributed by atoms with Gasteiger partial charge in [0.2, 0.25) is 5.91 Å². The molecule has 1 aliphatic heterocycles. The zero-order valence-corrected chi connectivity index (χ0v) is 18.9. The van der Waals surface area contributed by atoms with Gasteiger partial charge in [0.05, 0.1) is 10.2 Å². The van der Waals surface area contributed by atoms with E-state index < -0.39 is 0 Å². The normalized spacial score (nSPS) is 19.1. The summed E-state index contributed by atoms with van der Waals surface area (Å²) in [6.45, 7) is 7.86. The zero-order valence-electron chi connectivity index (χ0n) is 18.1. The van der Waals surface area contributed by atoms with E-state index in [2.05, 4.69) is 24.1 Å². The van der Waals surface area contributed by atoms with E-state index in [4.69, 9.17) is 0 Å². The Morgan fingerprint density at radius 1 is 1.13 bits per heavy atom. The van der Waals surface area contributed by atoms with Gasteiger partial charge in [-0.05, 0) is 61.1 Å². The number of carbonyl (C=O) groups is 2. The summed E-state index contributed by atoms with van der Waals surface area (Å²) >= 11 is 1.54. The number of likely N-dealkylation sites (tertiary alicyclic amines) is 1. The maximum Gasteiger partial charge on any atom is 0.253 e. The van der Waals surface area contributed by atoms with Crippen LogP contribution in [0.3, 0.4) is 0 Å². The molecule has 2 heterocycles. The number of fused-ring (bicyclic) bond motifs is 1. The van der Waals surface area contributed by atoms with Crippen LogP contribution in [0.15, 0.2) is 48.5 Å². The van der Waals surface area contributed by atoms with Gasteiger partial charge in [-0.25, -0.2) is 4.98 Å². The van der Waals surface area contributed by atoms with Crippen LogP contribution in [0.2, 0.25) is 0 Å². The van der Waals surface area contributed by atoms with E-state index in [9.17, 15) is 9.59 Å². The van der Waals surface area contributed by atoms with Gasteiger partial charge in [0, 0.05) is 30.4 Å². The molecule has 31 heavy (non-hydrogen) atoms. The van der Waals surface area contributed by atoms with Crippen LogP contribution in [0.25, 0.3) is 16.3 Å². The number of hydrogen-bond acceptors (Lipinski definition) is 4. The fourth-order valence-electron chi connectivity index (χ4n) is 4.18. The van der Waals surface area contributed by atoms with E-state index in [0.717, 1.165) is 40.3 Å². The van der Waals surface area contributed by atoms with Crippen LogP contribution in [0.5, 0.6) is 0 Å². The molecule has 1 saturated heterocycles. The van der Waals surface area contributed by atoms with Crippen LogP contribution in [-0.2, 0) is 4.79 Å². The van der Waals surface area contributed by atoms with E-state index in [1.807, 2.05) is 48.2 Å². The Labute approximate surface area is 186 Å². The molecular weight excluding hydrogens is 406 g/mol. The molecule has 2 unspecified atom stereocenters. The summed E-state index contributed by atoms with van der Waals surface area (Å²) in [5, 5.41) is 3.69. The average molecular weight is 434 g/mol. The van der Waals surface area contributed by atoms with Gasteiger partial charge in [-0.15, -0.1) is 11.3 Å². The second kappa shape index (κ2) is 9.02. The van der Waals surface area contributed by atoms with Crippen LogP contribution in [0.4, 0.5) is 5.69 Å². The van der Waals surface area contributed by atoms with Crippen LogP contribution < -0.4 is 5.32 Å². The lowest BCUT2D eigenvalue weighted by Gasteiger charge is -2.35. The molecule has 2 atom stereocenters. The first-order valence-corrected chi connectivity index (χ1v) is 11.5. The summed E-state index contributed by atoms with van der Waals surface area (Å²) in [4.78, 5) is 32.0. The molecule has 3 aromatic rings. The third-order valence-electron chi connectivity index (χ3n) is 5.59. The van der Waals surface area contributed by atoms with Crippen LogP contribution >= 0.6 is 11.3 Å². The number of aryl methyl sites for hydroxylation is 1. The molecule has 2 amide bonds. The number of anilines is 1. The molecule has 0 spiro atoms. The van der Waals surface area contributed by atoms with Crippen molar-refractivity contribution in [3.8, 4) is 0 Å². The Hall–Kier alpha value is -2.99. The van der Waals surface area contributed by atoms with Crippen molar-refractivity contribution >= 4 is 45.1 Å². The van der Waals surface area contributed by atoms with E-state index in [0.29, 0.717) is 23.1 Å². The number of aromatic nitrogens is 1. The maximum atomic E-state index is 13.0. The quantitative estimate of drug-likeness (QED) is 0.562. The van der Waals surface area contributed by atoms with Crippen LogP contribution in [-0.4, -0.2) is 34.8 Å². The first kappa shape index (κ1) is 21.2. The molecule has 6 heteroatoms. The first-order valence-electron chi connectivity index (χ1n) is 10.6. The lowest BCUT2D eigenvalue weighted by Crippen LogP contribution is -2.42. The molecule has 0 aliphatic carbocycles. The van der Waals surface area contributed by atoms with Gasteiger partial charge in [-0.3, -0.25) is 9.59 Å². The summed E-state index contributed by atoms with van der Waals surface area (Å²) < 4.78 is 1.09. The van der Waals surface area contributed by atoms with E-state index >= 15 is 0 Å². The molecule has 0 saturated carbocycles. The molecule has 0 radical (unpaired) electrons. The molecule has 2 aromatic carbocycles. The molecule has 1 fully saturated rings. The number of thiazole rings is 1. The fourth-order valence-corrected chi connectivity index (χ4v) is 5.05. The minimum Gasteiger partial charge on any atom is -0.338 e. The molecule has 160 valence electrons. The minimum absolute atomic E-state index is 0.0268. The highest BCUT2D eigenvalue weighted by molar-refractivity contribution is 7.19. The predicted octanol–water partition coefficient (Wildman–Crippen LogP) is 5.37. The highest BCUT2D eigenvalue weighted by atomic mass is 32.1. The highest BCUT2D eigenvalue weighted by Crippen LogP contribution is 2.25. The zero-order chi connectivity index (χ0) is 22.0. The SMILES string of the molecule is Cc1ccc(C(=O)N2CC(C)CC(C)C2)cc1NC(=O)/C=C/c1nc2ccccc2s1. The van der Waals surface area contributed by atoms with Gasteiger partial charge in [-0.2, -0.15) is 0 Å². The van der Waals surface area contributed by atoms with Gasteiger partial charge >= 0.3 is 0 Å². The Bertz CT molecular complexity index is 1110. The number of amides is 2. The molecule has 1 aromatic heterocycles. The largest absolute Gasteiger partial charge is 0.338 e. The molecule has 5 nitrogen and oxygen atoms in total. The second-order valence-electron chi connectivity index (χ2n) is 8.53. The molecule has 0 bridgehead atoms. The summed E-state index contributed by atoms with van der Waals surface area (Å²) in [6.07, 6.45) is 4.36. The van der Waals surface area contributed by atoms with E-state index in [1.165, 1.54) is 6.08 Å². The number of nitrogens with one attached hydrogen (secondary N) is 1. The van der Waals surface area contributed by atoms with Crippen LogP contribution in [0, 0.1) is 18.8 Å². The molecule has 4 rings (SSSR count). The Morgan fingerprint density at radius 2 is 1.87 bits per heavy atom.